The van der Waals surface area contributed by atoms with Crippen LogP contribution < -0.4 is 5.32 Å². The molecular weight excluding hydrogens is 350 g/mol. The summed E-state index contributed by atoms with van der Waals surface area (Å²) < 4.78 is 27.0. The van der Waals surface area contributed by atoms with Crippen molar-refractivity contribution < 1.29 is 13.2 Å². The fourth-order valence-electron chi connectivity index (χ4n) is 2.76. The summed E-state index contributed by atoms with van der Waals surface area (Å²) >= 11 is 0. The Balaban J connectivity index is 0.00000288. The first kappa shape index (κ1) is 20.9. The summed E-state index contributed by atoms with van der Waals surface area (Å²) in [6.45, 7) is 3.55. The van der Waals surface area contributed by atoms with Gasteiger partial charge in [-0.25, -0.2) is 8.42 Å². The molecule has 1 aliphatic heterocycles. The average molecular weight is 376 g/mol. The normalized spacial score (nSPS) is 18.2. The first-order valence-corrected chi connectivity index (χ1v) is 9.30. The van der Waals surface area contributed by atoms with E-state index >= 15 is 0 Å². The second-order valence-corrected chi connectivity index (χ2v) is 7.84. The van der Waals surface area contributed by atoms with Crippen LogP contribution in [-0.4, -0.2) is 63.3 Å². The molecular formula is C16H26ClN3O3S. The second-order valence-electron chi connectivity index (χ2n) is 5.95. The van der Waals surface area contributed by atoms with Gasteiger partial charge in [-0.1, -0.05) is 17.7 Å². The Kier molecular flexibility index (Phi) is 7.66. The van der Waals surface area contributed by atoms with E-state index in [9.17, 15) is 13.2 Å². The van der Waals surface area contributed by atoms with Crippen LogP contribution in [0.25, 0.3) is 0 Å². The molecule has 1 unspecified atom stereocenters. The quantitative estimate of drug-likeness (QED) is 0.812. The first-order chi connectivity index (χ1) is 10.9. The Bertz CT molecular complexity index is 649. The van der Waals surface area contributed by atoms with E-state index in [1.165, 1.54) is 4.31 Å². The van der Waals surface area contributed by atoms with Crippen LogP contribution in [-0.2, 0) is 14.8 Å². The summed E-state index contributed by atoms with van der Waals surface area (Å²) in [6, 6.07) is 6.17. The molecule has 0 bridgehead atoms. The number of sulfonamides is 1. The van der Waals surface area contributed by atoms with Crippen LogP contribution >= 0.6 is 12.4 Å². The van der Waals surface area contributed by atoms with Crippen molar-refractivity contribution in [2.24, 2.45) is 0 Å². The van der Waals surface area contributed by atoms with Gasteiger partial charge in [0.15, 0.2) is 0 Å². The third-order valence-electron chi connectivity index (χ3n) is 4.19. The molecule has 1 amide bonds. The third kappa shape index (κ3) is 4.47. The Labute approximate surface area is 150 Å². The number of amides is 1. The summed E-state index contributed by atoms with van der Waals surface area (Å²) in [4.78, 5) is 14.4. The molecule has 1 fully saturated rings. The predicted molar refractivity (Wildman–Crippen MR) is 96.9 cm³/mol. The molecule has 1 heterocycles. The lowest BCUT2D eigenvalue weighted by Gasteiger charge is -2.27. The van der Waals surface area contributed by atoms with Crippen molar-refractivity contribution >= 4 is 28.3 Å². The standard InChI is InChI=1S/C16H25N3O3S.ClH/c1-13-6-8-14(9-7-13)23(21,22)19-11-4-5-15(19)16(20)18(3)12-10-17-2;/h6-9,15,17H,4-5,10-12H2,1-3H3;1H. The molecule has 1 aromatic rings. The van der Waals surface area contributed by atoms with E-state index in [1.54, 1.807) is 36.2 Å². The van der Waals surface area contributed by atoms with E-state index in [2.05, 4.69) is 5.32 Å². The van der Waals surface area contributed by atoms with Crippen LogP contribution in [0.2, 0.25) is 0 Å². The molecule has 136 valence electrons. The number of benzene rings is 1. The number of nitrogens with zero attached hydrogens (tertiary/aromatic N) is 2. The number of hydrogen-bond donors (Lipinski definition) is 1. The van der Waals surface area contributed by atoms with Crippen molar-refractivity contribution in [3.63, 3.8) is 0 Å². The molecule has 0 aromatic heterocycles. The Hall–Kier alpha value is -1.15. The number of rotatable bonds is 6. The third-order valence-corrected chi connectivity index (χ3v) is 6.11. The minimum atomic E-state index is -3.63. The van der Waals surface area contributed by atoms with Crippen LogP contribution in [0.15, 0.2) is 29.2 Å². The lowest BCUT2D eigenvalue weighted by molar-refractivity contribution is -0.133. The van der Waals surface area contributed by atoms with E-state index in [1.807, 2.05) is 14.0 Å². The molecule has 1 atom stereocenters. The average Bonchev–Trinajstić information content (AvgIpc) is 3.02. The summed E-state index contributed by atoms with van der Waals surface area (Å²) in [7, 11) is -0.0951. The number of carbonyl (C=O) groups is 1. The first-order valence-electron chi connectivity index (χ1n) is 7.86. The van der Waals surface area contributed by atoms with Gasteiger partial charge in [-0.2, -0.15) is 4.31 Å². The zero-order chi connectivity index (χ0) is 17.0. The smallest absolute Gasteiger partial charge is 0.243 e. The zero-order valence-electron chi connectivity index (χ0n) is 14.4. The highest BCUT2D eigenvalue weighted by atomic mass is 35.5. The summed E-state index contributed by atoms with van der Waals surface area (Å²) in [5.74, 6) is -0.131. The van der Waals surface area contributed by atoms with Crippen LogP contribution in [0.3, 0.4) is 0 Å². The topological polar surface area (TPSA) is 69.7 Å². The molecule has 1 saturated heterocycles. The van der Waals surface area contributed by atoms with Gasteiger partial charge in [-0.05, 0) is 38.9 Å². The van der Waals surface area contributed by atoms with Crippen molar-refractivity contribution in [1.82, 2.24) is 14.5 Å². The summed E-state index contributed by atoms with van der Waals surface area (Å²) in [5.41, 5.74) is 1.00. The van der Waals surface area contributed by atoms with Gasteiger partial charge in [0.2, 0.25) is 15.9 Å². The van der Waals surface area contributed by atoms with E-state index < -0.39 is 16.1 Å². The maximum absolute atomic E-state index is 12.8. The monoisotopic (exact) mass is 375 g/mol. The highest BCUT2D eigenvalue weighted by Crippen LogP contribution is 2.27. The molecule has 0 radical (unpaired) electrons. The number of halogens is 1. The van der Waals surface area contributed by atoms with Crippen molar-refractivity contribution in [2.45, 2.75) is 30.7 Å². The fraction of sp³-hybridized carbons (Fsp3) is 0.562. The number of nitrogens with one attached hydrogen (secondary N) is 1. The Morgan fingerprint density at radius 2 is 1.96 bits per heavy atom. The predicted octanol–water partition coefficient (Wildman–Crippen LogP) is 1.25. The lowest BCUT2D eigenvalue weighted by Crippen LogP contribution is -2.47. The van der Waals surface area contributed by atoms with Crippen molar-refractivity contribution in [1.29, 1.82) is 0 Å². The Morgan fingerprint density at radius 1 is 1.33 bits per heavy atom. The van der Waals surface area contributed by atoms with Gasteiger partial charge in [-0.3, -0.25) is 4.79 Å². The number of likely N-dealkylation sites (N-methyl/N-ethyl adjacent to an activating group) is 2. The molecule has 1 aliphatic rings. The van der Waals surface area contributed by atoms with Gasteiger partial charge in [0, 0.05) is 26.7 Å². The summed E-state index contributed by atoms with van der Waals surface area (Å²) in [5, 5.41) is 2.99. The SMILES string of the molecule is CNCCN(C)C(=O)C1CCCN1S(=O)(=O)c1ccc(C)cc1.Cl. The molecule has 1 aromatic carbocycles. The van der Waals surface area contributed by atoms with Crippen molar-refractivity contribution in [3.8, 4) is 0 Å². The molecule has 0 spiro atoms. The van der Waals surface area contributed by atoms with E-state index in [0.29, 0.717) is 32.5 Å². The minimum absolute atomic E-state index is 0. The molecule has 0 saturated carbocycles. The zero-order valence-corrected chi connectivity index (χ0v) is 16.0. The summed E-state index contributed by atoms with van der Waals surface area (Å²) in [6.07, 6.45) is 1.29. The van der Waals surface area contributed by atoms with Gasteiger partial charge in [0.05, 0.1) is 4.90 Å². The van der Waals surface area contributed by atoms with Gasteiger partial charge < -0.3 is 10.2 Å². The lowest BCUT2D eigenvalue weighted by atomic mass is 10.2. The number of hydrogen-bond acceptors (Lipinski definition) is 4. The van der Waals surface area contributed by atoms with Gasteiger partial charge >= 0.3 is 0 Å². The largest absolute Gasteiger partial charge is 0.343 e. The van der Waals surface area contributed by atoms with E-state index in [0.717, 1.165) is 5.56 Å². The minimum Gasteiger partial charge on any atom is -0.343 e. The van der Waals surface area contributed by atoms with Crippen LogP contribution in [0, 0.1) is 6.92 Å². The molecule has 8 heteroatoms. The van der Waals surface area contributed by atoms with Gasteiger partial charge in [-0.15, -0.1) is 12.4 Å². The van der Waals surface area contributed by atoms with Crippen LogP contribution in [0.5, 0.6) is 0 Å². The maximum atomic E-state index is 12.8. The van der Waals surface area contributed by atoms with Crippen LogP contribution in [0.4, 0.5) is 0 Å². The van der Waals surface area contributed by atoms with Crippen molar-refractivity contribution in [3.05, 3.63) is 29.8 Å². The number of aryl methyl sites for hydroxylation is 1. The fourth-order valence-corrected chi connectivity index (χ4v) is 4.42. The van der Waals surface area contributed by atoms with E-state index in [4.69, 9.17) is 0 Å². The van der Waals surface area contributed by atoms with Gasteiger partial charge in [0.1, 0.15) is 6.04 Å². The maximum Gasteiger partial charge on any atom is 0.243 e. The van der Waals surface area contributed by atoms with Gasteiger partial charge in [0.25, 0.3) is 0 Å². The molecule has 0 aliphatic carbocycles. The Morgan fingerprint density at radius 3 is 2.54 bits per heavy atom. The van der Waals surface area contributed by atoms with Crippen molar-refractivity contribution in [2.75, 3.05) is 33.7 Å². The molecule has 6 nitrogen and oxygen atoms in total. The molecule has 2 rings (SSSR count). The molecule has 1 N–H and O–H groups in total. The van der Waals surface area contributed by atoms with Crippen LogP contribution in [0.1, 0.15) is 18.4 Å². The highest BCUT2D eigenvalue weighted by molar-refractivity contribution is 7.89. The van der Waals surface area contributed by atoms with E-state index in [-0.39, 0.29) is 23.2 Å². The highest BCUT2D eigenvalue weighted by Gasteiger charge is 2.40. The second kappa shape index (κ2) is 8.80. The molecule has 24 heavy (non-hydrogen) atoms. The number of carbonyl (C=O) groups excluding carboxylic acids is 1.